The molecular weight excluding hydrogens is 301 g/mol. The predicted molar refractivity (Wildman–Crippen MR) is 71.9 cm³/mol. The standard InChI is InChI=1S/C13H17BrFNO2/c1-8-5-9(14)6-11(15)10(8)7-16-12(17)18-13(2,3)4/h5-6H,7H2,1-4H3,(H,16,17). The molecule has 100 valence electrons. The number of hydrogen-bond donors (Lipinski definition) is 1. The lowest BCUT2D eigenvalue weighted by Crippen LogP contribution is -2.32. The number of amides is 1. The van der Waals surface area contributed by atoms with Gasteiger partial charge in [-0.05, 0) is 45.4 Å². The second-order valence-corrected chi connectivity index (χ2v) is 5.95. The summed E-state index contributed by atoms with van der Waals surface area (Å²) in [6.07, 6.45) is -0.552. The highest BCUT2D eigenvalue weighted by molar-refractivity contribution is 9.10. The highest BCUT2D eigenvalue weighted by atomic mass is 79.9. The maximum atomic E-state index is 13.7. The van der Waals surface area contributed by atoms with Crippen molar-refractivity contribution in [1.29, 1.82) is 0 Å². The number of benzene rings is 1. The molecule has 0 aromatic heterocycles. The molecule has 1 aromatic carbocycles. The molecule has 1 amide bonds. The van der Waals surface area contributed by atoms with Gasteiger partial charge < -0.3 is 10.1 Å². The van der Waals surface area contributed by atoms with Crippen molar-refractivity contribution in [3.63, 3.8) is 0 Å². The molecule has 0 saturated carbocycles. The number of alkyl carbamates (subject to hydrolysis) is 1. The molecule has 0 bridgehead atoms. The second-order valence-electron chi connectivity index (χ2n) is 5.04. The van der Waals surface area contributed by atoms with E-state index in [0.29, 0.717) is 10.0 Å². The molecule has 0 radical (unpaired) electrons. The van der Waals surface area contributed by atoms with E-state index in [-0.39, 0.29) is 12.4 Å². The Morgan fingerprint density at radius 1 is 1.44 bits per heavy atom. The Labute approximate surface area is 115 Å². The van der Waals surface area contributed by atoms with E-state index in [0.717, 1.165) is 5.56 Å². The van der Waals surface area contributed by atoms with E-state index in [4.69, 9.17) is 4.74 Å². The average Bonchev–Trinajstić information content (AvgIpc) is 2.12. The predicted octanol–water partition coefficient (Wildman–Crippen LogP) is 3.92. The summed E-state index contributed by atoms with van der Waals surface area (Å²) in [4.78, 5) is 11.5. The molecule has 0 heterocycles. The molecule has 0 fully saturated rings. The van der Waals surface area contributed by atoms with Gasteiger partial charge in [-0.15, -0.1) is 0 Å². The van der Waals surface area contributed by atoms with Gasteiger partial charge in [0.05, 0.1) is 0 Å². The van der Waals surface area contributed by atoms with Crippen LogP contribution in [0.3, 0.4) is 0 Å². The summed E-state index contributed by atoms with van der Waals surface area (Å²) < 4.78 is 19.4. The van der Waals surface area contributed by atoms with Crippen molar-refractivity contribution in [2.75, 3.05) is 0 Å². The largest absolute Gasteiger partial charge is 0.444 e. The maximum Gasteiger partial charge on any atom is 0.407 e. The smallest absolute Gasteiger partial charge is 0.407 e. The van der Waals surface area contributed by atoms with Gasteiger partial charge in [0.25, 0.3) is 0 Å². The highest BCUT2D eigenvalue weighted by Gasteiger charge is 2.16. The molecule has 3 nitrogen and oxygen atoms in total. The van der Waals surface area contributed by atoms with Crippen molar-refractivity contribution in [1.82, 2.24) is 5.32 Å². The summed E-state index contributed by atoms with van der Waals surface area (Å²) in [5.41, 5.74) is 0.680. The van der Waals surface area contributed by atoms with Crippen LogP contribution in [0.4, 0.5) is 9.18 Å². The lowest BCUT2D eigenvalue weighted by Gasteiger charge is -2.20. The van der Waals surface area contributed by atoms with Crippen LogP contribution in [0.15, 0.2) is 16.6 Å². The Bertz CT molecular complexity index is 432. The summed E-state index contributed by atoms with van der Waals surface area (Å²) in [6, 6.07) is 3.17. The molecule has 0 aliphatic heterocycles. The van der Waals surface area contributed by atoms with E-state index in [9.17, 15) is 9.18 Å². The van der Waals surface area contributed by atoms with Gasteiger partial charge in [-0.2, -0.15) is 0 Å². The van der Waals surface area contributed by atoms with Gasteiger partial charge >= 0.3 is 6.09 Å². The highest BCUT2D eigenvalue weighted by Crippen LogP contribution is 2.20. The first-order valence-electron chi connectivity index (χ1n) is 5.60. The molecule has 1 rings (SSSR count). The summed E-state index contributed by atoms with van der Waals surface area (Å²) in [5, 5.41) is 2.54. The average molecular weight is 318 g/mol. The number of ether oxygens (including phenoxy) is 1. The maximum absolute atomic E-state index is 13.7. The fraction of sp³-hybridized carbons (Fsp3) is 0.462. The summed E-state index contributed by atoms with van der Waals surface area (Å²) in [6.45, 7) is 7.23. The number of carbonyl (C=O) groups excluding carboxylic acids is 1. The minimum absolute atomic E-state index is 0.111. The van der Waals surface area contributed by atoms with E-state index in [2.05, 4.69) is 21.2 Å². The summed E-state index contributed by atoms with van der Waals surface area (Å²) in [5.74, 6) is -0.349. The first-order chi connectivity index (χ1) is 8.19. The van der Waals surface area contributed by atoms with Crippen LogP contribution in [-0.2, 0) is 11.3 Å². The number of aryl methyl sites for hydroxylation is 1. The molecule has 0 aliphatic rings. The van der Waals surface area contributed by atoms with Gasteiger partial charge in [0.15, 0.2) is 0 Å². The quantitative estimate of drug-likeness (QED) is 0.897. The number of rotatable bonds is 2. The van der Waals surface area contributed by atoms with Crippen molar-refractivity contribution in [3.05, 3.63) is 33.5 Å². The van der Waals surface area contributed by atoms with Crippen LogP contribution in [0.25, 0.3) is 0 Å². The molecule has 18 heavy (non-hydrogen) atoms. The van der Waals surface area contributed by atoms with Crippen LogP contribution in [0, 0.1) is 12.7 Å². The molecule has 5 heteroatoms. The summed E-state index contributed by atoms with van der Waals surface area (Å²) >= 11 is 3.21. The van der Waals surface area contributed by atoms with E-state index >= 15 is 0 Å². The zero-order chi connectivity index (χ0) is 13.9. The van der Waals surface area contributed by atoms with Crippen molar-refractivity contribution in [2.24, 2.45) is 0 Å². The minimum Gasteiger partial charge on any atom is -0.444 e. The number of hydrogen-bond acceptors (Lipinski definition) is 2. The third-order valence-electron chi connectivity index (χ3n) is 2.19. The SMILES string of the molecule is Cc1cc(Br)cc(F)c1CNC(=O)OC(C)(C)C. The lowest BCUT2D eigenvalue weighted by molar-refractivity contribution is 0.0523. The van der Waals surface area contributed by atoms with E-state index in [1.54, 1.807) is 33.8 Å². The third kappa shape index (κ3) is 4.64. The second kappa shape index (κ2) is 5.69. The molecular formula is C13H17BrFNO2. The first kappa shape index (κ1) is 15.0. The van der Waals surface area contributed by atoms with E-state index in [1.807, 2.05) is 0 Å². The molecule has 0 spiro atoms. The van der Waals surface area contributed by atoms with Crippen molar-refractivity contribution >= 4 is 22.0 Å². The Morgan fingerprint density at radius 2 is 2.06 bits per heavy atom. The molecule has 0 saturated heterocycles. The van der Waals surface area contributed by atoms with Gasteiger partial charge in [-0.1, -0.05) is 15.9 Å². The zero-order valence-electron chi connectivity index (χ0n) is 10.9. The van der Waals surface area contributed by atoms with Crippen LogP contribution < -0.4 is 5.32 Å². The molecule has 1 N–H and O–H groups in total. The van der Waals surface area contributed by atoms with Gasteiger partial charge in [0, 0.05) is 16.6 Å². The number of halogens is 2. The lowest BCUT2D eigenvalue weighted by atomic mass is 10.1. The topological polar surface area (TPSA) is 38.3 Å². The molecule has 0 unspecified atom stereocenters. The van der Waals surface area contributed by atoms with Gasteiger partial charge in [-0.25, -0.2) is 9.18 Å². The fourth-order valence-electron chi connectivity index (χ4n) is 1.43. The monoisotopic (exact) mass is 317 g/mol. The molecule has 0 aliphatic carbocycles. The zero-order valence-corrected chi connectivity index (χ0v) is 12.5. The third-order valence-corrected chi connectivity index (χ3v) is 2.65. The fourth-order valence-corrected chi connectivity index (χ4v) is 1.98. The number of nitrogens with one attached hydrogen (secondary N) is 1. The van der Waals surface area contributed by atoms with Crippen LogP contribution >= 0.6 is 15.9 Å². The number of carbonyl (C=O) groups is 1. The normalized spacial score (nSPS) is 11.2. The Kier molecular flexibility index (Phi) is 4.73. The molecule has 1 aromatic rings. The van der Waals surface area contributed by atoms with Crippen LogP contribution in [-0.4, -0.2) is 11.7 Å². The van der Waals surface area contributed by atoms with Crippen LogP contribution in [0.5, 0.6) is 0 Å². The van der Waals surface area contributed by atoms with Gasteiger partial charge in [0.1, 0.15) is 11.4 Å². The Morgan fingerprint density at radius 3 is 2.56 bits per heavy atom. The van der Waals surface area contributed by atoms with Crippen molar-refractivity contribution in [2.45, 2.75) is 39.8 Å². The van der Waals surface area contributed by atoms with Crippen LogP contribution in [0.2, 0.25) is 0 Å². The minimum atomic E-state index is -0.558. The van der Waals surface area contributed by atoms with Crippen LogP contribution in [0.1, 0.15) is 31.9 Å². The van der Waals surface area contributed by atoms with Crippen molar-refractivity contribution < 1.29 is 13.9 Å². The van der Waals surface area contributed by atoms with Crippen molar-refractivity contribution in [3.8, 4) is 0 Å². The first-order valence-corrected chi connectivity index (χ1v) is 6.40. The summed E-state index contributed by atoms with van der Waals surface area (Å²) in [7, 11) is 0. The van der Waals surface area contributed by atoms with Gasteiger partial charge in [0.2, 0.25) is 0 Å². The van der Waals surface area contributed by atoms with E-state index in [1.165, 1.54) is 6.07 Å². The van der Waals surface area contributed by atoms with Gasteiger partial charge in [-0.3, -0.25) is 0 Å². The van der Waals surface area contributed by atoms with E-state index < -0.39 is 11.7 Å². The molecule has 0 atom stereocenters. The Hall–Kier alpha value is -1.10. The Balaban J connectivity index is 2.67.